The second-order valence-corrected chi connectivity index (χ2v) is 9.56. The summed E-state index contributed by atoms with van der Waals surface area (Å²) < 4.78 is 0. The molecule has 0 bridgehead atoms. The first-order valence-corrected chi connectivity index (χ1v) is 11.7. The lowest BCUT2D eigenvalue weighted by Gasteiger charge is -2.32. The van der Waals surface area contributed by atoms with Crippen molar-refractivity contribution in [3.8, 4) is 6.07 Å². The molecule has 1 aromatic heterocycles. The molecule has 6 nitrogen and oxygen atoms in total. The quantitative estimate of drug-likeness (QED) is 0.696. The highest BCUT2D eigenvalue weighted by Crippen LogP contribution is 2.37. The van der Waals surface area contributed by atoms with Crippen LogP contribution in [0.4, 0.5) is 5.00 Å². The summed E-state index contributed by atoms with van der Waals surface area (Å²) in [5.41, 5.74) is 1.85. The van der Waals surface area contributed by atoms with E-state index in [1.807, 2.05) is 13.8 Å². The van der Waals surface area contributed by atoms with Crippen molar-refractivity contribution in [3.63, 3.8) is 0 Å². The Morgan fingerprint density at radius 3 is 2.62 bits per heavy atom. The topological polar surface area (TPSA) is 85.2 Å². The van der Waals surface area contributed by atoms with Crippen LogP contribution in [0.15, 0.2) is 0 Å². The number of fused-ring (bicyclic) bond motifs is 1. The van der Waals surface area contributed by atoms with Crippen molar-refractivity contribution in [3.05, 3.63) is 16.0 Å². The Morgan fingerprint density at radius 2 is 1.93 bits per heavy atom. The molecule has 2 aliphatic rings. The number of nitrogens with one attached hydrogen (secondary N) is 2. The van der Waals surface area contributed by atoms with Crippen LogP contribution in [0.1, 0.15) is 68.4 Å². The lowest BCUT2D eigenvalue weighted by Crippen LogP contribution is -2.46. The normalized spacial score (nSPS) is 18.0. The lowest BCUT2D eigenvalue weighted by molar-refractivity contribution is -0.125. The third-order valence-corrected chi connectivity index (χ3v) is 7.11. The summed E-state index contributed by atoms with van der Waals surface area (Å²) in [6, 6.07) is 2.57. The fourth-order valence-electron chi connectivity index (χ4n) is 4.07. The summed E-state index contributed by atoms with van der Waals surface area (Å²) in [6.07, 6.45) is 7.76. The number of rotatable bonds is 6. The van der Waals surface area contributed by atoms with Gasteiger partial charge >= 0.3 is 0 Å². The van der Waals surface area contributed by atoms with Crippen LogP contribution >= 0.6 is 11.3 Å². The van der Waals surface area contributed by atoms with E-state index in [1.165, 1.54) is 17.7 Å². The van der Waals surface area contributed by atoms with Gasteiger partial charge in [-0.3, -0.25) is 9.59 Å². The molecule has 0 unspecified atom stereocenters. The second-order valence-electron chi connectivity index (χ2n) is 8.46. The summed E-state index contributed by atoms with van der Waals surface area (Å²) in [5, 5.41) is 16.4. The van der Waals surface area contributed by atoms with Crippen LogP contribution < -0.4 is 10.6 Å². The standard InChI is InChI=1S/C22H32N4O2S/c1-15(2)21(28)24-16-8-11-26(12-9-16)13-10-20(27)25-22-18(14-23)17-6-4-3-5-7-19(17)29-22/h15-16H,3-13H2,1-2H3,(H,24,28)(H,25,27). The predicted molar refractivity (Wildman–Crippen MR) is 116 cm³/mol. The van der Waals surface area contributed by atoms with Crippen LogP contribution in [0.3, 0.4) is 0 Å². The Hall–Kier alpha value is -1.91. The van der Waals surface area contributed by atoms with Gasteiger partial charge in [0.1, 0.15) is 11.1 Å². The summed E-state index contributed by atoms with van der Waals surface area (Å²) in [5.74, 6) is 0.112. The molecule has 158 valence electrons. The zero-order valence-corrected chi connectivity index (χ0v) is 18.4. The molecular weight excluding hydrogens is 384 g/mol. The molecule has 1 saturated heterocycles. The van der Waals surface area contributed by atoms with Crippen LogP contribution in [0.25, 0.3) is 0 Å². The largest absolute Gasteiger partial charge is 0.353 e. The molecule has 2 N–H and O–H groups in total. The van der Waals surface area contributed by atoms with Crippen molar-refractivity contribution >= 4 is 28.2 Å². The number of aryl methyl sites for hydroxylation is 1. The fourth-order valence-corrected chi connectivity index (χ4v) is 5.32. The number of hydrogen-bond donors (Lipinski definition) is 2. The third kappa shape index (κ3) is 5.80. The Bertz CT molecular complexity index is 773. The van der Waals surface area contributed by atoms with Crippen LogP contribution in [0.5, 0.6) is 0 Å². The number of nitrogens with zero attached hydrogens (tertiary/aromatic N) is 2. The number of likely N-dealkylation sites (tertiary alicyclic amines) is 1. The molecule has 7 heteroatoms. The molecule has 1 aliphatic carbocycles. The van der Waals surface area contributed by atoms with Crippen LogP contribution in [0.2, 0.25) is 0 Å². The van der Waals surface area contributed by atoms with Crippen molar-refractivity contribution in [1.29, 1.82) is 5.26 Å². The Labute approximate surface area is 177 Å². The maximum atomic E-state index is 12.5. The minimum Gasteiger partial charge on any atom is -0.353 e. The molecule has 0 spiro atoms. The average Bonchev–Trinajstić information content (AvgIpc) is 2.86. The highest BCUT2D eigenvalue weighted by molar-refractivity contribution is 7.16. The van der Waals surface area contributed by atoms with E-state index in [0.717, 1.165) is 55.8 Å². The van der Waals surface area contributed by atoms with Crippen molar-refractivity contribution in [1.82, 2.24) is 10.2 Å². The SMILES string of the molecule is CC(C)C(=O)NC1CCN(CCC(=O)Nc2sc3c(c2C#N)CCCCC3)CC1. The van der Waals surface area contributed by atoms with Gasteiger partial charge in [-0.15, -0.1) is 11.3 Å². The number of nitriles is 1. The molecule has 2 amide bonds. The molecule has 0 radical (unpaired) electrons. The van der Waals surface area contributed by atoms with Crippen molar-refractivity contribution < 1.29 is 9.59 Å². The summed E-state index contributed by atoms with van der Waals surface area (Å²) in [4.78, 5) is 27.9. The van der Waals surface area contributed by atoms with Gasteiger partial charge in [0.2, 0.25) is 11.8 Å². The fraction of sp³-hybridized carbons (Fsp3) is 0.682. The molecule has 1 aromatic rings. The predicted octanol–water partition coefficient (Wildman–Crippen LogP) is 3.45. The van der Waals surface area contributed by atoms with Gasteiger partial charge in [0.05, 0.1) is 5.56 Å². The van der Waals surface area contributed by atoms with Gasteiger partial charge in [-0.05, 0) is 44.1 Å². The van der Waals surface area contributed by atoms with Gasteiger partial charge in [0.15, 0.2) is 0 Å². The van der Waals surface area contributed by atoms with Gasteiger partial charge in [-0.25, -0.2) is 0 Å². The van der Waals surface area contributed by atoms with Crippen molar-refractivity contribution in [2.24, 2.45) is 5.92 Å². The first kappa shape index (κ1) is 21.8. The molecule has 29 heavy (non-hydrogen) atoms. The molecule has 3 rings (SSSR count). The Balaban J connectivity index is 1.45. The lowest BCUT2D eigenvalue weighted by atomic mass is 10.0. The van der Waals surface area contributed by atoms with E-state index in [4.69, 9.17) is 0 Å². The summed E-state index contributed by atoms with van der Waals surface area (Å²) in [7, 11) is 0. The Kier molecular flexibility index (Phi) is 7.68. The maximum Gasteiger partial charge on any atom is 0.226 e. The van der Waals surface area contributed by atoms with Gasteiger partial charge in [0, 0.05) is 42.9 Å². The summed E-state index contributed by atoms with van der Waals surface area (Å²) >= 11 is 1.59. The van der Waals surface area contributed by atoms with E-state index < -0.39 is 0 Å². The average molecular weight is 417 g/mol. The molecule has 0 aromatic carbocycles. The Morgan fingerprint density at radius 1 is 1.21 bits per heavy atom. The molecule has 0 saturated carbocycles. The number of thiophene rings is 1. The minimum absolute atomic E-state index is 0.0160. The number of piperidine rings is 1. The number of carbonyl (C=O) groups is 2. The smallest absolute Gasteiger partial charge is 0.226 e. The van der Waals surface area contributed by atoms with E-state index in [1.54, 1.807) is 11.3 Å². The second kappa shape index (κ2) is 10.2. The number of anilines is 1. The van der Waals surface area contributed by atoms with Crippen molar-refractivity contribution in [2.75, 3.05) is 25.0 Å². The minimum atomic E-state index is -0.0202. The molecule has 0 atom stereocenters. The molecule has 2 heterocycles. The molecule has 1 aliphatic heterocycles. The highest BCUT2D eigenvalue weighted by Gasteiger charge is 2.23. The van der Waals surface area contributed by atoms with Crippen LogP contribution in [-0.2, 0) is 22.4 Å². The van der Waals surface area contributed by atoms with E-state index in [-0.39, 0.29) is 23.8 Å². The van der Waals surface area contributed by atoms with E-state index in [9.17, 15) is 14.9 Å². The number of hydrogen-bond acceptors (Lipinski definition) is 5. The van der Waals surface area contributed by atoms with Crippen LogP contribution in [0, 0.1) is 17.2 Å². The zero-order chi connectivity index (χ0) is 20.8. The maximum absolute atomic E-state index is 12.5. The van der Waals surface area contributed by atoms with Gasteiger partial charge in [0.25, 0.3) is 0 Å². The van der Waals surface area contributed by atoms with E-state index >= 15 is 0 Å². The van der Waals surface area contributed by atoms with Crippen LogP contribution in [-0.4, -0.2) is 42.4 Å². The van der Waals surface area contributed by atoms with Crippen molar-refractivity contribution in [2.45, 2.75) is 71.3 Å². The third-order valence-electron chi connectivity index (χ3n) is 5.90. The number of amides is 2. The number of carbonyl (C=O) groups excluding carboxylic acids is 2. The first-order chi connectivity index (χ1) is 14.0. The first-order valence-electron chi connectivity index (χ1n) is 10.8. The van der Waals surface area contributed by atoms with E-state index in [0.29, 0.717) is 18.5 Å². The van der Waals surface area contributed by atoms with Gasteiger partial charge in [-0.1, -0.05) is 20.3 Å². The van der Waals surface area contributed by atoms with E-state index in [2.05, 4.69) is 21.6 Å². The molecular formula is C22H32N4O2S. The molecule has 1 fully saturated rings. The van der Waals surface area contributed by atoms with Gasteiger partial charge in [-0.2, -0.15) is 5.26 Å². The zero-order valence-electron chi connectivity index (χ0n) is 17.6. The van der Waals surface area contributed by atoms with Gasteiger partial charge < -0.3 is 15.5 Å². The summed E-state index contributed by atoms with van der Waals surface area (Å²) in [6.45, 7) is 6.32. The highest BCUT2D eigenvalue weighted by atomic mass is 32.1. The monoisotopic (exact) mass is 416 g/mol.